The molecule has 1 aromatic carbocycles. The average molecular weight is 440 g/mol. The molecule has 29 heavy (non-hydrogen) atoms. The summed E-state index contributed by atoms with van der Waals surface area (Å²) in [5.74, 6) is -1.26. The predicted octanol–water partition coefficient (Wildman–Crippen LogP) is 2.57. The molecule has 1 aromatic heterocycles. The minimum Gasteiger partial charge on any atom is -0.451 e. The number of carbonyl (C=O) groups is 2. The second-order valence-corrected chi connectivity index (χ2v) is 8.93. The molecule has 2 rings (SSSR count). The van der Waals surface area contributed by atoms with E-state index in [9.17, 15) is 18.0 Å². The molecule has 0 radical (unpaired) electrons. The lowest BCUT2D eigenvalue weighted by atomic mass is 10.3. The van der Waals surface area contributed by atoms with Gasteiger partial charge < -0.3 is 14.6 Å². The van der Waals surface area contributed by atoms with E-state index in [0.717, 1.165) is 4.90 Å². The van der Waals surface area contributed by atoms with E-state index < -0.39 is 28.5 Å². The van der Waals surface area contributed by atoms with Crippen molar-refractivity contribution in [2.45, 2.75) is 23.6 Å². The van der Waals surface area contributed by atoms with Crippen LogP contribution < -0.4 is 5.32 Å². The van der Waals surface area contributed by atoms with E-state index in [4.69, 9.17) is 4.74 Å². The van der Waals surface area contributed by atoms with Crippen LogP contribution >= 0.6 is 11.8 Å². The quantitative estimate of drug-likeness (QED) is 0.476. The van der Waals surface area contributed by atoms with Crippen LogP contribution in [0.15, 0.2) is 46.3 Å². The molecule has 0 aliphatic carbocycles. The maximum Gasteiger partial charge on any atom is 0.355 e. The molecule has 0 aliphatic heterocycles. The van der Waals surface area contributed by atoms with Crippen molar-refractivity contribution in [1.82, 2.24) is 8.87 Å². The number of esters is 1. The van der Waals surface area contributed by atoms with E-state index in [1.165, 1.54) is 21.1 Å². The molecule has 158 valence electrons. The van der Waals surface area contributed by atoms with Crippen molar-refractivity contribution in [3.05, 3.63) is 42.2 Å². The number of aryl methyl sites for hydroxylation is 1. The molecule has 0 bridgehead atoms. The number of ether oxygens (including phenoxy) is 1. The third kappa shape index (κ3) is 5.62. The summed E-state index contributed by atoms with van der Waals surface area (Å²) >= 11 is 1.59. The van der Waals surface area contributed by atoms with Crippen LogP contribution in [0.1, 0.15) is 24.3 Å². The highest BCUT2D eigenvalue weighted by molar-refractivity contribution is 7.98. The molecule has 0 aliphatic rings. The van der Waals surface area contributed by atoms with Gasteiger partial charge in [0.15, 0.2) is 6.61 Å². The van der Waals surface area contributed by atoms with Gasteiger partial charge in [0.2, 0.25) is 10.0 Å². The Bertz CT molecular complexity index is 964. The van der Waals surface area contributed by atoms with E-state index in [0.29, 0.717) is 18.8 Å². The third-order valence-electron chi connectivity index (χ3n) is 4.24. The molecule has 0 fully saturated rings. The van der Waals surface area contributed by atoms with E-state index in [1.807, 2.05) is 18.4 Å². The minimum absolute atomic E-state index is 0.00832. The number of rotatable bonds is 9. The molecule has 0 saturated heterocycles. The Morgan fingerprint density at radius 3 is 2.34 bits per heavy atom. The first kappa shape index (κ1) is 23.0. The predicted molar refractivity (Wildman–Crippen MR) is 113 cm³/mol. The van der Waals surface area contributed by atoms with Crippen molar-refractivity contribution in [2.75, 3.05) is 31.3 Å². The smallest absolute Gasteiger partial charge is 0.355 e. The Labute approximate surface area is 175 Å². The van der Waals surface area contributed by atoms with Gasteiger partial charge in [-0.2, -0.15) is 4.31 Å². The lowest BCUT2D eigenvalue weighted by Gasteiger charge is -2.17. The zero-order valence-corrected chi connectivity index (χ0v) is 18.5. The maximum absolute atomic E-state index is 12.6. The normalized spacial score (nSPS) is 11.5. The molecule has 1 N–H and O–H groups in total. The third-order valence-corrected chi connectivity index (χ3v) is 7.00. The number of anilines is 1. The molecular weight excluding hydrogens is 414 g/mol. The Balaban J connectivity index is 2.02. The van der Waals surface area contributed by atoms with Crippen LogP contribution in [0.4, 0.5) is 5.69 Å². The molecule has 0 unspecified atom stereocenters. The number of amides is 1. The van der Waals surface area contributed by atoms with Gasteiger partial charge >= 0.3 is 5.97 Å². The molecule has 1 amide bonds. The summed E-state index contributed by atoms with van der Waals surface area (Å²) in [5.41, 5.74) is 0.642. The molecule has 1 heterocycles. The first-order chi connectivity index (χ1) is 13.7. The average Bonchev–Trinajstić information content (AvgIpc) is 3.10. The molecular formula is C19H25N3O5S2. The SMILES string of the molecule is CCN(CC)S(=O)(=O)c1cc(C(=O)OCC(=O)Nc2ccc(SC)cc2)n(C)c1. The van der Waals surface area contributed by atoms with E-state index in [1.54, 1.807) is 44.8 Å². The zero-order valence-electron chi connectivity index (χ0n) is 16.8. The van der Waals surface area contributed by atoms with Crippen molar-refractivity contribution in [3.8, 4) is 0 Å². The van der Waals surface area contributed by atoms with Crippen LogP contribution in [-0.4, -0.2) is 55.1 Å². The summed E-state index contributed by atoms with van der Waals surface area (Å²) in [5, 5.41) is 2.64. The summed E-state index contributed by atoms with van der Waals surface area (Å²) in [6.07, 6.45) is 3.31. The lowest BCUT2D eigenvalue weighted by Crippen LogP contribution is -2.30. The first-order valence-corrected chi connectivity index (χ1v) is 11.7. The van der Waals surface area contributed by atoms with Crippen LogP contribution in [0.5, 0.6) is 0 Å². The van der Waals surface area contributed by atoms with Gasteiger partial charge in [0, 0.05) is 36.9 Å². The largest absolute Gasteiger partial charge is 0.451 e. The number of aromatic nitrogens is 1. The molecule has 0 saturated carbocycles. The zero-order chi connectivity index (χ0) is 21.6. The first-order valence-electron chi connectivity index (χ1n) is 9.00. The topological polar surface area (TPSA) is 97.7 Å². The fourth-order valence-electron chi connectivity index (χ4n) is 2.67. The number of nitrogens with zero attached hydrogens (tertiary/aromatic N) is 2. The fraction of sp³-hybridized carbons (Fsp3) is 0.368. The van der Waals surface area contributed by atoms with Crippen LogP contribution in [0.2, 0.25) is 0 Å². The number of hydrogen-bond donors (Lipinski definition) is 1. The van der Waals surface area contributed by atoms with Gasteiger partial charge in [0.1, 0.15) is 10.6 Å². The summed E-state index contributed by atoms with van der Waals surface area (Å²) in [7, 11) is -2.14. The van der Waals surface area contributed by atoms with Crippen molar-refractivity contribution >= 4 is 39.3 Å². The maximum atomic E-state index is 12.6. The number of benzene rings is 1. The second-order valence-electron chi connectivity index (χ2n) is 6.11. The van der Waals surface area contributed by atoms with Gasteiger partial charge in [-0.25, -0.2) is 13.2 Å². The van der Waals surface area contributed by atoms with Gasteiger partial charge in [-0.05, 0) is 36.6 Å². The number of sulfonamides is 1. The number of hydrogen-bond acceptors (Lipinski definition) is 6. The molecule has 2 aromatic rings. The van der Waals surface area contributed by atoms with Crippen molar-refractivity contribution in [2.24, 2.45) is 7.05 Å². The van der Waals surface area contributed by atoms with Crippen molar-refractivity contribution in [1.29, 1.82) is 0 Å². The monoisotopic (exact) mass is 439 g/mol. The van der Waals surface area contributed by atoms with Crippen molar-refractivity contribution in [3.63, 3.8) is 0 Å². The highest BCUT2D eigenvalue weighted by atomic mass is 32.2. The van der Waals surface area contributed by atoms with Gasteiger partial charge in [-0.15, -0.1) is 11.8 Å². The second kappa shape index (κ2) is 9.95. The summed E-state index contributed by atoms with van der Waals surface area (Å²) < 4.78 is 32.9. The number of carbonyl (C=O) groups excluding carboxylic acids is 2. The van der Waals surface area contributed by atoms with Crippen LogP contribution in [-0.2, 0) is 26.6 Å². The van der Waals surface area contributed by atoms with E-state index in [2.05, 4.69) is 5.32 Å². The summed E-state index contributed by atoms with van der Waals surface area (Å²) in [4.78, 5) is 25.4. The van der Waals surface area contributed by atoms with E-state index in [-0.39, 0.29) is 10.6 Å². The summed E-state index contributed by atoms with van der Waals surface area (Å²) in [6.45, 7) is 3.66. The molecule has 8 nitrogen and oxygen atoms in total. The fourth-order valence-corrected chi connectivity index (χ4v) is 4.61. The number of thioether (sulfide) groups is 1. The van der Waals surface area contributed by atoms with Gasteiger partial charge in [0.25, 0.3) is 5.91 Å². The Morgan fingerprint density at radius 2 is 1.79 bits per heavy atom. The molecule has 0 spiro atoms. The van der Waals surface area contributed by atoms with Crippen LogP contribution in [0.3, 0.4) is 0 Å². The standard InChI is InChI=1S/C19H25N3O5S2/c1-5-22(6-2)29(25,26)16-11-17(21(3)12-16)19(24)27-13-18(23)20-14-7-9-15(28-4)10-8-14/h7-12H,5-6,13H2,1-4H3,(H,20,23). The Kier molecular flexibility index (Phi) is 7.88. The molecule has 0 atom stereocenters. The van der Waals surface area contributed by atoms with Crippen molar-refractivity contribution < 1.29 is 22.7 Å². The van der Waals surface area contributed by atoms with Gasteiger partial charge in [-0.1, -0.05) is 13.8 Å². The van der Waals surface area contributed by atoms with Crippen LogP contribution in [0, 0.1) is 0 Å². The van der Waals surface area contributed by atoms with Gasteiger partial charge in [0.05, 0.1) is 0 Å². The van der Waals surface area contributed by atoms with E-state index >= 15 is 0 Å². The van der Waals surface area contributed by atoms with Gasteiger partial charge in [-0.3, -0.25) is 4.79 Å². The van der Waals surface area contributed by atoms with Crippen LogP contribution in [0.25, 0.3) is 0 Å². The minimum atomic E-state index is -3.69. The lowest BCUT2D eigenvalue weighted by molar-refractivity contribution is -0.119. The Hall–Kier alpha value is -2.30. The highest BCUT2D eigenvalue weighted by Gasteiger charge is 2.26. The molecule has 10 heteroatoms. The highest BCUT2D eigenvalue weighted by Crippen LogP contribution is 2.19. The summed E-state index contributed by atoms with van der Waals surface area (Å²) in [6, 6.07) is 8.51. The Morgan fingerprint density at radius 1 is 1.17 bits per heavy atom. The number of nitrogens with one attached hydrogen (secondary N) is 1.